The van der Waals surface area contributed by atoms with E-state index in [9.17, 15) is 10.1 Å². The molecule has 13 heteroatoms. The number of fused-ring (bicyclic) bond motifs is 4. The lowest BCUT2D eigenvalue weighted by atomic mass is 9.84. The summed E-state index contributed by atoms with van der Waals surface area (Å²) in [5.41, 5.74) is -2.43. The molecule has 7 nitrogen and oxygen atoms in total. The number of amides is 1. The van der Waals surface area contributed by atoms with Crippen LogP contribution < -0.4 is 0 Å². The summed E-state index contributed by atoms with van der Waals surface area (Å²) < 4.78 is 86.1. The number of halogens is 5. The second-order valence-electron chi connectivity index (χ2n) is 16.2. The van der Waals surface area contributed by atoms with Crippen LogP contribution in [0.5, 0.6) is 0 Å². The van der Waals surface area contributed by atoms with Gasteiger partial charge in [0.05, 0.1) is 21.4 Å². The lowest BCUT2D eigenvalue weighted by Gasteiger charge is -2.43. The molecule has 4 aliphatic heterocycles. The number of alkyl halides is 3. The van der Waals surface area contributed by atoms with Gasteiger partial charge >= 0.3 is 6.18 Å². The highest BCUT2D eigenvalue weighted by Crippen LogP contribution is 2.50. The van der Waals surface area contributed by atoms with Gasteiger partial charge in [-0.05, 0) is 93.7 Å². The van der Waals surface area contributed by atoms with Gasteiger partial charge < -0.3 is 14.5 Å². The lowest BCUT2D eigenvalue weighted by Crippen LogP contribution is -2.54. The SMILES string of the molecule is C=CC(=O)N1CC2CCC(C1)N2\C(C)=C1/C=C(C(F)(F)F)C(c2ccc(F)c3sc(C(C)C)c(C#N)c23)=C(F)/C1=N/C(=C/CC)OCC12CCCN1CC(C)C2. The zero-order valence-corrected chi connectivity index (χ0v) is 33.3. The molecule has 1 aromatic heterocycles. The van der Waals surface area contributed by atoms with Crippen LogP contribution in [0.4, 0.5) is 22.0 Å². The van der Waals surface area contributed by atoms with E-state index in [0.717, 1.165) is 61.9 Å². The van der Waals surface area contributed by atoms with Crippen LogP contribution in [0.25, 0.3) is 15.7 Å². The van der Waals surface area contributed by atoms with Gasteiger partial charge in [0.1, 0.15) is 24.2 Å². The van der Waals surface area contributed by atoms with Crippen LogP contribution in [0.3, 0.4) is 0 Å². The van der Waals surface area contributed by atoms with E-state index in [2.05, 4.69) is 24.5 Å². The Balaban J connectivity index is 1.44. The molecule has 5 heterocycles. The summed E-state index contributed by atoms with van der Waals surface area (Å²) in [6, 6.07) is 3.83. The van der Waals surface area contributed by atoms with Crippen LogP contribution in [0.15, 0.2) is 70.5 Å². The summed E-state index contributed by atoms with van der Waals surface area (Å²) >= 11 is 0.994. The lowest BCUT2D eigenvalue weighted by molar-refractivity contribution is -0.128. The fourth-order valence-electron chi connectivity index (χ4n) is 9.78. The van der Waals surface area contributed by atoms with Crippen LogP contribution in [0.2, 0.25) is 0 Å². The highest BCUT2D eigenvalue weighted by Gasteiger charge is 2.49. The van der Waals surface area contributed by atoms with E-state index in [4.69, 9.17) is 9.73 Å². The molecule has 1 aliphatic carbocycles. The molecule has 4 fully saturated rings. The maximum Gasteiger partial charge on any atom is 0.417 e. The number of carbonyl (C=O) groups excluding carboxylic acids is 1. The van der Waals surface area contributed by atoms with Crippen molar-refractivity contribution in [1.29, 1.82) is 5.26 Å². The highest BCUT2D eigenvalue weighted by molar-refractivity contribution is 7.19. The average molecular weight is 794 g/mol. The Morgan fingerprint density at radius 3 is 2.54 bits per heavy atom. The normalized spacial score (nSPS) is 27.4. The van der Waals surface area contributed by atoms with Crippen molar-refractivity contribution in [2.75, 3.05) is 32.8 Å². The number of nitriles is 1. The van der Waals surface area contributed by atoms with Crippen molar-refractivity contribution in [1.82, 2.24) is 14.7 Å². The number of ether oxygens (including phenoxy) is 1. The maximum absolute atomic E-state index is 17.8. The average Bonchev–Trinajstić information content (AvgIpc) is 3.88. The van der Waals surface area contributed by atoms with E-state index >= 15 is 22.0 Å². The third kappa shape index (κ3) is 6.91. The molecule has 0 saturated carbocycles. The third-order valence-electron chi connectivity index (χ3n) is 12.1. The number of hydrogen-bond acceptors (Lipinski definition) is 7. The summed E-state index contributed by atoms with van der Waals surface area (Å²) in [6.45, 7) is 15.9. The molecule has 0 N–H and O–H groups in total. The minimum atomic E-state index is -5.05. The van der Waals surface area contributed by atoms with Crippen LogP contribution in [-0.4, -0.2) is 82.9 Å². The number of allylic oxidation sites excluding steroid dienone is 7. The molecule has 0 radical (unpaired) electrons. The Labute approximate surface area is 329 Å². The van der Waals surface area contributed by atoms with Crippen LogP contribution in [-0.2, 0) is 9.53 Å². The molecule has 56 heavy (non-hydrogen) atoms. The van der Waals surface area contributed by atoms with Gasteiger partial charge in [0, 0.05) is 58.8 Å². The molecule has 4 atom stereocenters. The molecule has 2 aromatic rings. The second kappa shape index (κ2) is 15.2. The molecule has 4 saturated heterocycles. The van der Waals surface area contributed by atoms with Gasteiger partial charge in [-0.2, -0.15) is 18.4 Å². The number of likely N-dealkylation sites (tertiary alicyclic amines) is 1. The van der Waals surface area contributed by atoms with Crippen molar-refractivity contribution >= 4 is 38.6 Å². The molecule has 1 amide bonds. The van der Waals surface area contributed by atoms with Crippen molar-refractivity contribution in [3.63, 3.8) is 0 Å². The standard InChI is InChI=1S/C43H48F5N5O2S/c1-7-10-34(55-23-42-15-9-16-52(42)20-25(5)18-42)50-39-30(26(6)53-27-11-12-28(53)22-51(21-27)35(54)8-2)17-32(43(46,47)48)37(38(39)45)29-13-14-33(44)41-36(29)31(19-49)40(56-41)24(3)4/h8,10,13-14,17,24-25,27-28H,2,7,9,11-12,15-16,18,20-23H2,1,3-6H3/b30-26+,34-10-,50-39+. The Morgan fingerprint density at radius 2 is 1.91 bits per heavy atom. The minimum Gasteiger partial charge on any atom is -0.476 e. The van der Waals surface area contributed by atoms with Crippen molar-refractivity contribution in [2.24, 2.45) is 10.9 Å². The third-order valence-corrected chi connectivity index (χ3v) is 13.6. The Bertz CT molecular complexity index is 2140. The largest absolute Gasteiger partial charge is 0.476 e. The molecule has 5 aliphatic rings. The number of carbonyl (C=O) groups is 1. The molecular formula is C43H48F5N5O2S. The van der Waals surface area contributed by atoms with E-state index in [1.807, 2.05) is 25.7 Å². The quantitative estimate of drug-likeness (QED) is 0.144. The molecule has 2 bridgehead atoms. The number of piperazine rings is 1. The summed E-state index contributed by atoms with van der Waals surface area (Å²) in [4.78, 5) is 24.0. The van der Waals surface area contributed by atoms with E-state index in [1.165, 1.54) is 6.08 Å². The number of thiophene rings is 1. The zero-order valence-electron chi connectivity index (χ0n) is 32.5. The van der Waals surface area contributed by atoms with Crippen molar-refractivity contribution in [3.05, 3.63) is 87.3 Å². The van der Waals surface area contributed by atoms with E-state index in [-0.39, 0.29) is 67.8 Å². The first-order chi connectivity index (χ1) is 26.6. The van der Waals surface area contributed by atoms with E-state index in [1.54, 1.807) is 17.9 Å². The van der Waals surface area contributed by atoms with Gasteiger partial charge in [0.25, 0.3) is 0 Å². The predicted molar refractivity (Wildman–Crippen MR) is 210 cm³/mol. The maximum atomic E-state index is 17.8. The van der Waals surface area contributed by atoms with Crippen LogP contribution in [0.1, 0.15) is 95.1 Å². The highest BCUT2D eigenvalue weighted by atomic mass is 32.1. The first-order valence-electron chi connectivity index (χ1n) is 19.5. The summed E-state index contributed by atoms with van der Waals surface area (Å²) in [6.07, 6.45) is 3.64. The summed E-state index contributed by atoms with van der Waals surface area (Å²) in [7, 11) is 0. The molecule has 7 rings (SSSR count). The Hall–Kier alpha value is -4.28. The minimum absolute atomic E-state index is 0.00910. The predicted octanol–water partition coefficient (Wildman–Crippen LogP) is 9.94. The Kier molecular flexibility index (Phi) is 10.9. The molecular weight excluding hydrogens is 746 g/mol. The van der Waals surface area contributed by atoms with Crippen molar-refractivity contribution < 1.29 is 31.5 Å². The number of nitrogens with zero attached hydrogens (tertiary/aromatic N) is 5. The number of hydrogen-bond donors (Lipinski definition) is 0. The monoisotopic (exact) mass is 793 g/mol. The topological polar surface area (TPSA) is 72.2 Å². The second-order valence-corrected chi connectivity index (χ2v) is 17.2. The van der Waals surface area contributed by atoms with Crippen molar-refractivity contribution in [2.45, 2.75) is 103 Å². The number of aliphatic imine (C=N–C) groups is 1. The molecule has 298 valence electrons. The van der Waals surface area contributed by atoms with E-state index in [0.29, 0.717) is 55.5 Å². The molecule has 0 spiro atoms. The number of rotatable bonds is 9. The first kappa shape index (κ1) is 39.9. The van der Waals surface area contributed by atoms with Gasteiger partial charge in [0.2, 0.25) is 11.8 Å². The smallest absolute Gasteiger partial charge is 0.417 e. The fourth-order valence-corrected chi connectivity index (χ4v) is 11.0. The van der Waals surface area contributed by atoms with Crippen molar-refractivity contribution in [3.8, 4) is 6.07 Å². The zero-order chi connectivity index (χ0) is 40.3. The molecule has 4 unspecified atom stereocenters. The van der Waals surface area contributed by atoms with Gasteiger partial charge in [-0.3, -0.25) is 9.69 Å². The molecule has 1 aromatic carbocycles. The van der Waals surface area contributed by atoms with Crippen LogP contribution >= 0.6 is 11.3 Å². The van der Waals surface area contributed by atoms with Crippen LogP contribution in [0, 0.1) is 23.1 Å². The number of benzene rings is 1. The fraction of sp³-hybridized carbons (Fsp3) is 0.512. The summed E-state index contributed by atoms with van der Waals surface area (Å²) in [5, 5.41) is 10.2. The first-order valence-corrected chi connectivity index (χ1v) is 20.4. The van der Waals surface area contributed by atoms with Gasteiger partial charge in [-0.25, -0.2) is 13.8 Å². The van der Waals surface area contributed by atoms with Gasteiger partial charge in [0.15, 0.2) is 5.83 Å². The summed E-state index contributed by atoms with van der Waals surface area (Å²) in [5.74, 6) is -1.81. The van der Waals surface area contributed by atoms with E-state index < -0.39 is 29.0 Å². The Morgan fingerprint density at radius 1 is 1.20 bits per heavy atom. The van der Waals surface area contributed by atoms with Gasteiger partial charge in [-0.15, -0.1) is 11.3 Å². The van der Waals surface area contributed by atoms with Gasteiger partial charge in [-0.1, -0.05) is 40.3 Å².